The van der Waals surface area contributed by atoms with Gasteiger partial charge in [0.1, 0.15) is 0 Å². The molecule has 0 saturated carbocycles. The number of rotatable bonds is 6. The molecule has 0 bridgehead atoms. The van der Waals surface area contributed by atoms with Crippen molar-refractivity contribution in [2.24, 2.45) is 0 Å². The van der Waals surface area contributed by atoms with Crippen LogP contribution in [0.2, 0.25) is 0 Å². The van der Waals surface area contributed by atoms with Crippen molar-refractivity contribution < 1.29 is 13.2 Å². The fourth-order valence-corrected chi connectivity index (χ4v) is 5.20. The number of nitrogens with zero attached hydrogens (tertiary/aromatic N) is 3. The second-order valence-electron chi connectivity index (χ2n) is 7.67. The van der Waals surface area contributed by atoms with Crippen LogP contribution in [0.25, 0.3) is 11.3 Å². The minimum absolute atomic E-state index is 0.120. The molecule has 0 saturated heterocycles. The van der Waals surface area contributed by atoms with E-state index in [0.717, 1.165) is 16.1 Å². The number of aryl methyl sites for hydroxylation is 1. The Balaban J connectivity index is 1.34. The van der Waals surface area contributed by atoms with E-state index in [1.807, 2.05) is 36.6 Å². The summed E-state index contributed by atoms with van der Waals surface area (Å²) in [5.74, 6) is 0.223. The van der Waals surface area contributed by atoms with E-state index in [0.29, 0.717) is 28.7 Å². The molecule has 1 amide bonds. The number of thiazole rings is 1. The summed E-state index contributed by atoms with van der Waals surface area (Å²) in [6.45, 7) is 2.01. The molecule has 11 heteroatoms. The van der Waals surface area contributed by atoms with Gasteiger partial charge in [0.25, 0.3) is 0 Å². The van der Waals surface area contributed by atoms with Crippen molar-refractivity contribution in [3.8, 4) is 11.3 Å². The minimum atomic E-state index is -3.68. The van der Waals surface area contributed by atoms with Gasteiger partial charge in [0.2, 0.25) is 21.9 Å². The van der Waals surface area contributed by atoms with Crippen molar-refractivity contribution in [3.05, 3.63) is 76.4 Å². The van der Waals surface area contributed by atoms with Crippen molar-refractivity contribution in [3.63, 3.8) is 0 Å². The van der Waals surface area contributed by atoms with Gasteiger partial charge in [-0.15, -0.1) is 11.3 Å². The summed E-state index contributed by atoms with van der Waals surface area (Å²) < 4.78 is 27.8. The number of para-hydroxylation sites is 1. The molecule has 34 heavy (non-hydrogen) atoms. The zero-order valence-electron chi connectivity index (χ0n) is 18.1. The number of sulfonamides is 1. The highest BCUT2D eigenvalue weighted by Gasteiger charge is 2.21. The van der Waals surface area contributed by atoms with Crippen LogP contribution in [0.15, 0.2) is 65.0 Å². The topological polar surface area (TPSA) is 126 Å². The molecule has 0 unspecified atom stereocenters. The first kappa shape index (κ1) is 22.1. The summed E-state index contributed by atoms with van der Waals surface area (Å²) in [5.41, 5.74) is 4.23. The number of anilines is 3. The number of aromatic nitrogens is 3. The van der Waals surface area contributed by atoms with Crippen LogP contribution in [0.1, 0.15) is 16.3 Å². The third-order valence-electron chi connectivity index (χ3n) is 5.20. The predicted octanol–water partition coefficient (Wildman–Crippen LogP) is 3.63. The van der Waals surface area contributed by atoms with E-state index in [2.05, 4.69) is 30.3 Å². The number of benzene rings is 2. The fraction of sp³-hybridized carbons (Fsp3) is 0.130. The van der Waals surface area contributed by atoms with Gasteiger partial charge in [0.05, 0.1) is 39.9 Å². The average Bonchev–Trinajstić information content (AvgIpc) is 3.18. The predicted molar refractivity (Wildman–Crippen MR) is 130 cm³/mol. The second-order valence-corrected chi connectivity index (χ2v) is 10.5. The lowest BCUT2D eigenvalue weighted by Crippen LogP contribution is -2.23. The molecule has 1 aliphatic heterocycles. The largest absolute Gasteiger partial charge is 0.325 e. The van der Waals surface area contributed by atoms with E-state index in [4.69, 9.17) is 0 Å². The van der Waals surface area contributed by atoms with Crippen LogP contribution in [0.3, 0.4) is 0 Å². The molecular weight excluding hydrogens is 472 g/mol. The maximum absolute atomic E-state index is 12.6. The Labute approximate surface area is 200 Å². The Bertz CT molecular complexity index is 1480. The first-order chi connectivity index (χ1) is 16.4. The molecule has 3 heterocycles. The van der Waals surface area contributed by atoms with Crippen LogP contribution in [0.4, 0.5) is 17.3 Å². The SMILES string of the molecule is Cc1nc(CNS(=O)(=O)c2ccc(Nc3ncc4c(n3)-c3ccccc3NC(=O)C4)cc2)cs1. The molecule has 0 radical (unpaired) electrons. The molecule has 4 aromatic rings. The van der Waals surface area contributed by atoms with Gasteiger partial charge < -0.3 is 10.6 Å². The van der Waals surface area contributed by atoms with Crippen LogP contribution in [0, 0.1) is 6.92 Å². The van der Waals surface area contributed by atoms with Crippen LogP contribution in [-0.2, 0) is 27.8 Å². The third kappa shape index (κ3) is 4.67. The lowest BCUT2D eigenvalue weighted by Gasteiger charge is -2.11. The Hall–Kier alpha value is -3.67. The number of carbonyl (C=O) groups is 1. The van der Waals surface area contributed by atoms with E-state index in [1.54, 1.807) is 18.3 Å². The fourth-order valence-electron chi connectivity index (χ4n) is 3.58. The molecule has 5 rings (SSSR count). The summed E-state index contributed by atoms with van der Waals surface area (Å²) in [7, 11) is -3.68. The van der Waals surface area contributed by atoms with Gasteiger partial charge >= 0.3 is 0 Å². The Morgan fingerprint density at radius 2 is 1.88 bits per heavy atom. The van der Waals surface area contributed by atoms with Gasteiger partial charge in [-0.05, 0) is 37.3 Å². The number of fused-ring (bicyclic) bond motifs is 3. The summed E-state index contributed by atoms with van der Waals surface area (Å²) in [4.78, 5) is 25.6. The molecule has 0 spiro atoms. The maximum atomic E-state index is 12.6. The monoisotopic (exact) mass is 492 g/mol. The molecule has 0 atom stereocenters. The van der Waals surface area contributed by atoms with Crippen LogP contribution < -0.4 is 15.4 Å². The highest BCUT2D eigenvalue weighted by atomic mass is 32.2. The Morgan fingerprint density at radius 3 is 2.65 bits per heavy atom. The summed E-state index contributed by atoms with van der Waals surface area (Å²) >= 11 is 1.47. The quantitative estimate of drug-likeness (QED) is 0.375. The average molecular weight is 493 g/mol. The smallest absolute Gasteiger partial charge is 0.240 e. The van der Waals surface area contributed by atoms with Crippen LogP contribution in [-0.4, -0.2) is 29.3 Å². The highest BCUT2D eigenvalue weighted by molar-refractivity contribution is 7.89. The van der Waals surface area contributed by atoms with E-state index in [9.17, 15) is 13.2 Å². The number of carbonyl (C=O) groups excluding carboxylic acids is 1. The first-order valence-electron chi connectivity index (χ1n) is 10.4. The Kier molecular flexibility index (Phi) is 5.82. The van der Waals surface area contributed by atoms with E-state index in [1.165, 1.54) is 23.5 Å². The van der Waals surface area contributed by atoms with Gasteiger partial charge in [0.15, 0.2) is 0 Å². The third-order valence-corrected chi connectivity index (χ3v) is 7.44. The first-order valence-corrected chi connectivity index (χ1v) is 12.8. The van der Waals surface area contributed by atoms with E-state index < -0.39 is 10.0 Å². The number of nitrogens with one attached hydrogen (secondary N) is 3. The van der Waals surface area contributed by atoms with Crippen LogP contribution in [0.5, 0.6) is 0 Å². The van der Waals surface area contributed by atoms with Crippen molar-refractivity contribution >= 4 is 44.6 Å². The minimum Gasteiger partial charge on any atom is -0.325 e. The van der Waals surface area contributed by atoms with E-state index in [-0.39, 0.29) is 23.8 Å². The zero-order valence-corrected chi connectivity index (χ0v) is 19.7. The number of hydrogen-bond acceptors (Lipinski definition) is 8. The van der Waals surface area contributed by atoms with E-state index >= 15 is 0 Å². The molecule has 0 fully saturated rings. The number of hydrogen-bond donors (Lipinski definition) is 3. The highest BCUT2D eigenvalue weighted by Crippen LogP contribution is 2.32. The molecular formula is C23H20N6O3S2. The number of amides is 1. The van der Waals surface area contributed by atoms with Crippen LogP contribution >= 0.6 is 11.3 Å². The molecule has 0 aliphatic carbocycles. The molecule has 172 valence electrons. The molecule has 1 aliphatic rings. The lowest BCUT2D eigenvalue weighted by molar-refractivity contribution is -0.115. The molecule has 2 aromatic heterocycles. The zero-order chi connectivity index (χ0) is 23.7. The summed E-state index contributed by atoms with van der Waals surface area (Å²) in [5, 5.41) is 8.71. The molecule has 3 N–H and O–H groups in total. The standard InChI is InChI=1S/C23H20N6O3S2/c1-14-26-17(13-33-14)12-25-34(31,32)18-8-6-16(7-9-18)27-23-24-11-15-10-21(30)28-20-5-3-2-4-19(20)22(15)29-23/h2-9,11,13,25H,10,12H2,1H3,(H,28,30)(H,24,27,29). The molecule has 2 aromatic carbocycles. The Morgan fingerprint density at radius 1 is 1.09 bits per heavy atom. The van der Waals surface area contributed by atoms with Gasteiger partial charge in [-0.2, -0.15) is 0 Å². The van der Waals surface area contributed by atoms with Gasteiger partial charge in [-0.1, -0.05) is 18.2 Å². The van der Waals surface area contributed by atoms with Crippen molar-refractivity contribution in [2.75, 3.05) is 10.6 Å². The van der Waals surface area contributed by atoms with Gasteiger partial charge in [0, 0.05) is 28.4 Å². The van der Waals surface area contributed by atoms with Crippen molar-refractivity contribution in [2.45, 2.75) is 24.8 Å². The summed E-state index contributed by atoms with van der Waals surface area (Å²) in [6, 6.07) is 13.8. The summed E-state index contributed by atoms with van der Waals surface area (Å²) in [6.07, 6.45) is 1.82. The van der Waals surface area contributed by atoms with Crippen molar-refractivity contribution in [1.82, 2.24) is 19.7 Å². The van der Waals surface area contributed by atoms with Gasteiger partial charge in [-0.25, -0.2) is 28.1 Å². The normalized spacial score (nSPS) is 12.9. The molecule has 9 nitrogen and oxygen atoms in total. The van der Waals surface area contributed by atoms with Gasteiger partial charge in [-0.3, -0.25) is 4.79 Å². The lowest BCUT2D eigenvalue weighted by atomic mass is 10.1. The van der Waals surface area contributed by atoms with Crippen molar-refractivity contribution in [1.29, 1.82) is 0 Å². The maximum Gasteiger partial charge on any atom is 0.240 e. The second kappa shape index (κ2) is 8.93.